The van der Waals surface area contributed by atoms with Crippen molar-refractivity contribution in [1.29, 1.82) is 0 Å². The number of nitrogens with zero attached hydrogens (tertiary/aromatic N) is 2. The van der Waals surface area contributed by atoms with E-state index >= 15 is 0 Å². The first-order valence-corrected chi connectivity index (χ1v) is 32.3. The molecule has 0 aliphatic rings. The van der Waals surface area contributed by atoms with E-state index in [4.69, 9.17) is 14.2 Å². The number of carbonyl (C=O) groups is 3. The SMILES string of the molecule is CCCCCCC(CCCC)COC(=O)CCCCCCCCC(CCCCCCCCC(=O)OCC(CCCC)CCCCCC)N(CCCCN(C)C)CCC(=O)OCCSSCCCCC. The molecule has 0 N–H and O–H groups in total. The minimum Gasteiger partial charge on any atom is -0.465 e. The van der Waals surface area contributed by atoms with Crippen molar-refractivity contribution in [1.82, 2.24) is 9.80 Å². The Morgan fingerprint density at radius 2 is 0.768 bits per heavy atom. The average molecular weight is 1010 g/mol. The lowest BCUT2D eigenvalue weighted by Gasteiger charge is -2.32. The van der Waals surface area contributed by atoms with E-state index in [2.05, 4.69) is 58.5 Å². The number of hydrogen-bond acceptors (Lipinski definition) is 10. The fourth-order valence-corrected chi connectivity index (χ4v) is 11.3. The lowest BCUT2D eigenvalue weighted by molar-refractivity contribution is -0.146. The third-order valence-corrected chi connectivity index (χ3v) is 16.4. The van der Waals surface area contributed by atoms with E-state index in [0.29, 0.717) is 57.0 Å². The molecule has 0 aromatic carbocycles. The van der Waals surface area contributed by atoms with Gasteiger partial charge in [0.15, 0.2) is 0 Å². The highest BCUT2D eigenvalue weighted by Crippen LogP contribution is 2.24. The number of ether oxygens (including phenoxy) is 3. The van der Waals surface area contributed by atoms with Gasteiger partial charge in [-0.3, -0.25) is 19.3 Å². The molecule has 69 heavy (non-hydrogen) atoms. The summed E-state index contributed by atoms with van der Waals surface area (Å²) in [5.74, 6) is 2.99. The Morgan fingerprint density at radius 1 is 0.377 bits per heavy atom. The van der Waals surface area contributed by atoms with Gasteiger partial charge in [-0.15, -0.1) is 0 Å². The average Bonchev–Trinajstić information content (AvgIpc) is 3.34. The van der Waals surface area contributed by atoms with Gasteiger partial charge in [-0.2, -0.15) is 0 Å². The standard InChI is InChI=1S/C59H116N2O6S2/c1-8-13-18-28-39-54(37-16-11-4)52-66-57(62)43-32-26-22-20-24-30-41-56(61(47-35-34-46-60(6)7)48-45-59(64)65-49-51-69-68-50-36-15-10-3)42-31-25-21-23-27-33-44-58(63)67-53-55(38-17-12-5)40-29-19-14-9-2/h54-56H,8-53H2,1-7H3. The Bertz CT molecular complexity index is 1060. The van der Waals surface area contributed by atoms with Crippen LogP contribution in [0.5, 0.6) is 0 Å². The minimum absolute atomic E-state index is 0.00675. The largest absolute Gasteiger partial charge is 0.465 e. The molecule has 8 nitrogen and oxygen atoms in total. The monoisotopic (exact) mass is 1010 g/mol. The molecule has 0 saturated heterocycles. The lowest BCUT2D eigenvalue weighted by atomic mass is 9.96. The van der Waals surface area contributed by atoms with Gasteiger partial charge < -0.3 is 19.1 Å². The van der Waals surface area contributed by atoms with Crippen LogP contribution >= 0.6 is 21.6 Å². The van der Waals surface area contributed by atoms with Crippen LogP contribution in [0, 0.1) is 11.8 Å². The van der Waals surface area contributed by atoms with Crippen molar-refractivity contribution in [2.45, 2.75) is 285 Å². The minimum atomic E-state index is -0.0613. The van der Waals surface area contributed by atoms with Crippen molar-refractivity contribution >= 4 is 39.5 Å². The third kappa shape index (κ3) is 47.8. The van der Waals surface area contributed by atoms with E-state index in [1.807, 2.05) is 21.6 Å². The first-order chi connectivity index (χ1) is 33.7. The maximum atomic E-state index is 13.0. The lowest BCUT2D eigenvalue weighted by Crippen LogP contribution is -2.38. The zero-order valence-electron chi connectivity index (χ0n) is 46.9. The van der Waals surface area contributed by atoms with E-state index in [1.165, 1.54) is 192 Å². The van der Waals surface area contributed by atoms with Crippen molar-refractivity contribution in [2.24, 2.45) is 11.8 Å². The summed E-state index contributed by atoms with van der Waals surface area (Å²) in [5, 5.41) is 0. The van der Waals surface area contributed by atoms with E-state index in [-0.39, 0.29) is 17.9 Å². The van der Waals surface area contributed by atoms with Crippen molar-refractivity contribution in [3.05, 3.63) is 0 Å². The summed E-state index contributed by atoms with van der Waals surface area (Å²) in [5.41, 5.74) is 0. The normalized spacial score (nSPS) is 13.0. The van der Waals surface area contributed by atoms with Crippen molar-refractivity contribution in [3.63, 3.8) is 0 Å². The Balaban J connectivity index is 5.10. The van der Waals surface area contributed by atoms with Crippen LogP contribution in [-0.2, 0) is 28.6 Å². The highest BCUT2D eigenvalue weighted by atomic mass is 33.1. The number of hydrogen-bond donors (Lipinski definition) is 0. The molecule has 0 rings (SSSR count). The molecule has 2 unspecified atom stereocenters. The van der Waals surface area contributed by atoms with Gasteiger partial charge >= 0.3 is 17.9 Å². The van der Waals surface area contributed by atoms with Crippen LogP contribution in [0.1, 0.15) is 279 Å². The molecule has 410 valence electrons. The molecule has 0 fully saturated rings. The Morgan fingerprint density at radius 3 is 1.26 bits per heavy atom. The molecular weight excluding hydrogens is 897 g/mol. The molecule has 0 aromatic heterocycles. The number of esters is 3. The molecule has 0 radical (unpaired) electrons. The van der Waals surface area contributed by atoms with Crippen LogP contribution in [-0.4, -0.2) is 98.8 Å². The van der Waals surface area contributed by atoms with Gasteiger partial charge in [0.1, 0.15) is 6.61 Å². The van der Waals surface area contributed by atoms with Gasteiger partial charge in [0.25, 0.3) is 0 Å². The van der Waals surface area contributed by atoms with Crippen LogP contribution < -0.4 is 0 Å². The number of rotatable bonds is 55. The fraction of sp³-hybridized carbons (Fsp3) is 0.949. The number of carbonyl (C=O) groups excluding carboxylic acids is 3. The second-order valence-corrected chi connectivity index (χ2v) is 23.6. The maximum absolute atomic E-state index is 13.0. The van der Waals surface area contributed by atoms with Gasteiger partial charge in [-0.25, -0.2) is 0 Å². The number of unbranched alkanes of at least 4 members (excludes halogenated alkanes) is 21. The van der Waals surface area contributed by atoms with Gasteiger partial charge in [0, 0.05) is 36.9 Å². The summed E-state index contributed by atoms with van der Waals surface area (Å²) in [6.45, 7) is 15.8. The molecule has 0 bridgehead atoms. The fourth-order valence-electron chi connectivity index (χ4n) is 9.36. The first kappa shape index (κ1) is 68.0. The summed E-state index contributed by atoms with van der Waals surface area (Å²) in [6, 6.07) is 0.470. The predicted octanol–water partition coefficient (Wildman–Crippen LogP) is 17.4. The van der Waals surface area contributed by atoms with E-state index in [0.717, 1.165) is 63.9 Å². The molecule has 0 amide bonds. The summed E-state index contributed by atoms with van der Waals surface area (Å²) < 4.78 is 17.3. The first-order valence-electron chi connectivity index (χ1n) is 29.8. The van der Waals surface area contributed by atoms with E-state index in [9.17, 15) is 14.4 Å². The topological polar surface area (TPSA) is 85.4 Å². The molecule has 2 atom stereocenters. The second kappa shape index (κ2) is 53.3. The van der Waals surface area contributed by atoms with E-state index < -0.39 is 0 Å². The van der Waals surface area contributed by atoms with E-state index in [1.54, 1.807) is 0 Å². The van der Waals surface area contributed by atoms with Gasteiger partial charge in [-0.05, 0) is 110 Å². The zero-order valence-corrected chi connectivity index (χ0v) is 48.6. The summed E-state index contributed by atoms with van der Waals surface area (Å²) >= 11 is 0. The molecule has 0 aliphatic heterocycles. The highest BCUT2D eigenvalue weighted by molar-refractivity contribution is 8.76. The van der Waals surface area contributed by atoms with Crippen LogP contribution in [0.25, 0.3) is 0 Å². The predicted molar refractivity (Wildman–Crippen MR) is 303 cm³/mol. The quantitative estimate of drug-likeness (QED) is 0.0254. The van der Waals surface area contributed by atoms with Crippen molar-refractivity contribution < 1.29 is 28.6 Å². The van der Waals surface area contributed by atoms with Gasteiger partial charge in [0.05, 0.1) is 19.6 Å². The van der Waals surface area contributed by atoms with Crippen molar-refractivity contribution in [3.8, 4) is 0 Å². The Kier molecular flexibility index (Phi) is 52.6. The molecule has 0 saturated carbocycles. The molecular formula is C59H116N2O6S2. The van der Waals surface area contributed by atoms with Gasteiger partial charge in [0.2, 0.25) is 0 Å². The second-order valence-electron chi connectivity index (χ2n) is 20.9. The maximum Gasteiger partial charge on any atom is 0.307 e. The van der Waals surface area contributed by atoms with Gasteiger partial charge in [-0.1, -0.05) is 210 Å². The Hall–Kier alpha value is -0.970. The molecule has 0 aromatic rings. The molecule has 0 aliphatic carbocycles. The smallest absolute Gasteiger partial charge is 0.307 e. The molecule has 0 spiro atoms. The highest BCUT2D eigenvalue weighted by Gasteiger charge is 2.20. The molecule has 10 heteroatoms. The van der Waals surface area contributed by atoms with Crippen LogP contribution in [0.15, 0.2) is 0 Å². The third-order valence-electron chi connectivity index (χ3n) is 13.9. The summed E-state index contributed by atoms with van der Waals surface area (Å²) in [4.78, 5) is 43.2. The van der Waals surface area contributed by atoms with Crippen molar-refractivity contribution in [2.75, 3.05) is 65.1 Å². The van der Waals surface area contributed by atoms with Crippen LogP contribution in [0.3, 0.4) is 0 Å². The zero-order chi connectivity index (χ0) is 50.7. The van der Waals surface area contributed by atoms with Crippen LogP contribution in [0.2, 0.25) is 0 Å². The summed E-state index contributed by atoms with van der Waals surface area (Å²) in [7, 11) is 8.03. The summed E-state index contributed by atoms with van der Waals surface area (Å²) in [6.07, 6.45) is 43.3. The Labute approximate surface area is 437 Å². The van der Waals surface area contributed by atoms with Crippen LogP contribution in [0.4, 0.5) is 0 Å². The molecule has 0 heterocycles.